The van der Waals surface area contributed by atoms with Crippen LogP contribution in [0.1, 0.15) is 20.1 Å². The third kappa shape index (κ3) is 3.55. The monoisotopic (exact) mass is 341 g/mol. The number of nitrogens with zero attached hydrogens (tertiary/aromatic N) is 2. The van der Waals surface area contributed by atoms with Gasteiger partial charge in [0.25, 0.3) is 5.91 Å². The van der Waals surface area contributed by atoms with Crippen molar-refractivity contribution < 1.29 is 9.90 Å². The molecule has 5 nitrogen and oxygen atoms in total. The van der Waals surface area contributed by atoms with Crippen LogP contribution in [0.3, 0.4) is 0 Å². The van der Waals surface area contributed by atoms with Crippen LogP contribution in [0.4, 0.5) is 0 Å². The summed E-state index contributed by atoms with van der Waals surface area (Å²) in [6.07, 6.45) is 3.40. The summed E-state index contributed by atoms with van der Waals surface area (Å²) in [5.41, 5.74) is 1.34. The molecule has 0 radical (unpaired) electrons. The number of amides is 1. The molecule has 0 saturated carbocycles. The molecule has 0 bridgehead atoms. The van der Waals surface area contributed by atoms with Gasteiger partial charge in [-0.2, -0.15) is 0 Å². The number of aliphatic hydroxyl groups excluding tert-OH is 1. The summed E-state index contributed by atoms with van der Waals surface area (Å²) in [6, 6.07) is 11.5. The van der Waals surface area contributed by atoms with E-state index in [1.807, 2.05) is 37.3 Å². The highest BCUT2D eigenvalue weighted by Gasteiger charge is 2.20. The molecule has 24 heavy (non-hydrogen) atoms. The fraction of sp³-hybridized carbons (Fsp3) is 0.222. The van der Waals surface area contributed by atoms with E-state index in [0.717, 1.165) is 10.4 Å². The number of hydrogen-bond acceptors (Lipinski definition) is 4. The summed E-state index contributed by atoms with van der Waals surface area (Å²) in [6.45, 7) is 2.75. The molecule has 0 aliphatic carbocycles. The molecular formula is C18H19N3O2S. The second-order valence-electron chi connectivity index (χ2n) is 5.45. The first-order valence-electron chi connectivity index (χ1n) is 7.73. The highest BCUT2D eigenvalue weighted by atomic mass is 32.1. The maximum Gasteiger partial charge on any atom is 0.255 e. The summed E-state index contributed by atoms with van der Waals surface area (Å²) in [7, 11) is 0. The van der Waals surface area contributed by atoms with Crippen molar-refractivity contribution in [1.82, 2.24) is 14.9 Å². The van der Waals surface area contributed by atoms with Gasteiger partial charge in [-0.25, -0.2) is 4.98 Å². The summed E-state index contributed by atoms with van der Waals surface area (Å²) >= 11 is 1.66. The number of aliphatic hydroxyl groups is 1. The number of H-pyrrole nitrogens is 1. The van der Waals surface area contributed by atoms with E-state index >= 15 is 0 Å². The number of nitrogens with one attached hydrogen (secondary N) is 1. The zero-order valence-electron chi connectivity index (χ0n) is 13.4. The quantitative estimate of drug-likeness (QED) is 0.724. The van der Waals surface area contributed by atoms with Gasteiger partial charge in [-0.15, -0.1) is 11.3 Å². The van der Waals surface area contributed by atoms with Crippen LogP contribution < -0.4 is 0 Å². The van der Waals surface area contributed by atoms with E-state index < -0.39 is 0 Å². The molecule has 0 aliphatic heterocycles. The summed E-state index contributed by atoms with van der Waals surface area (Å²) in [5.74, 6) is 0.553. The Balaban J connectivity index is 1.90. The van der Waals surface area contributed by atoms with Crippen molar-refractivity contribution in [2.24, 2.45) is 0 Å². The van der Waals surface area contributed by atoms with Crippen LogP contribution in [-0.4, -0.2) is 39.0 Å². The van der Waals surface area contributed by atoms with Gasteiger partial charge in [-0.05, 0) is 25.1 Å². The van der Waals surface area contributed by atoms with E-state index in [4.69, 9.17) is 0 Å². The average Bonchev–Trinajstić information content (AvgIpc) is 3.26. The lowest BCUT2D eigenvalue weighted by molar-refractivity contribution is 0.0710. The number of thiophene rings is 1. The van der Waals surface area contributed by atoms with Gasteiger partial charge in [-0.3, -0.25) is 4.79 Å². The normalized spacial score (nSPS) is 10.8. The van der Waals surface area contributed by atoms with Gasteiger partial charge < -0.3 is 15.0 Å². The number of imidazole rings is 1. The zero-order chi connectivity index (χ0) is 16.9. The van der Waals surface area contributed by atoms with Crippen molar-refractivity contribution in [3.8, 4) is 11.4 Å². The number of rotatable bonds is 6. The van der Waals surface area contributed by atoms with Crippen LogP contribution in [0.2, 0.25) is 0 Å². The predicted octanol–water partition coefficient (Wildman–Crippen LogP) is 3.08. The van der Waals surface area contributed by atoms with E-state index in [2.05, 4.69) is 9.97 Å². The molecule has 1 aromatic carbocycles. The molecule has 6 heteroatoms. The number of hydrogen-bond donors (Lipinski definition) is 2. The summed E-state index contributed by atoms with van der Waals surface area (Å²) in [5, 5.41) is 9.36. The summed E-state index contributed by atoms with van der Waals surface area (Å²) in [4.78, 5) is 24.3. The molecule has 1 amide bonds. The van der Waals surface area contributed by atoms with Crippen LogP contribution in [0.25, 0.3) is 11.4 Å². The molecular weight excluding hydrogens is 322 g/mol. The maximum atomic E-state index is 13.0. The first kappa shape index (κ1) is 16.4. The molecule has 3 rings (SSSR count). The van der Waals surface area contributed by atoms with Gasteiger partial charge in [0, 0.05) is 34.3 Å². The zero-order valence-corrected chi connectivity index (χ0v) is 14.2. The highest BCUT2D eigenvalue weighted by Crippen LogP contribution is 2.23. The van der Waals surface area contributed by atoms with Crippen molar-refractivity contribution in [2.75, 3.05) is 13.2 Å². The van der Waals surface area contributed by atoms with Gasteiger partial charge in [-0.1, -0.05) is 18.2 Å². The lowest BCUT2D eigenvalue weighted by Crippen LogP contribution is -2.33. The fourth-order valence-corrected chi connectivity index (χ4v) is 3.50. The third-order valence-corrected chi connectivity index (χ3v) is 4.70. The van der Waals surface area contributed by atoms with E-state index in [1.54, 1.807) is 34.7 Å². The Hall–Kier alpha value is -2.44. The van der Waals surface area contributed by atoms with Gasteiger partial charge in [0.15, 0.2) is 0 Å². The number of carbonyl (C=O) groups is 1. The number of aromatic amines is 1. The molecule has 0 spiro atoms. The van der Waals surface area contributed by atoms with E-state index in [1.165, 1.54) is 4.88 Å². The first-order chi connectivity index (χ1) is 11.7. The molecule has 2 aromatic heterocycles. The third-order valence-electron chi connectivity index (χ3n) is 3.71. The van der Waals surface area contributed by atoms with Gasteiger partial charge in [0.1, 0.15) is 5.82 Å². The smallest absolute Gasteiger partial charge is 0.255 e. The molecule has 0 atom stereocenters. The van der Waals surface area contributed by atoms with Gasteiger partial charge in [0.2, 0.25) is 0 Å². The molecule has 124 valence electrons. The van der Waals surface area contributed by atoms with Gasteiger partial charge in [0.05, 0.1) is 18.7 Å². The Kier molecular flexibility index (Phi) is 5.08. The number of aryl methyl sites for hydroxylation is 1. The second kappa shape index (κ2) is 7.42. The number of benzene rings is 1. The molecule has 3 aromatic rings. The SMILES string of the molecule is Cc1ccc(CN(CCO)C(=O)c2ccccc2-c2ncc[nH]2)s1. The first-order valence-corrected chi connectivity index (χ1v) is 8.55. The Morgan fingerprint density at radius 1 is 1.29 bits per heavy atom. The minimum atomic E-state index is -0.109. The number of aromatic nitrogens is 2. The molecule has 0 unspecified atom stereocenters. The largest absolute Gasteiger partial charge is 0.395 e. The molecule has 0 aliphatic rings. The van der Waals surface area contributed by atoms with Crippen molar-refractivity contribution >= 4 is 17.2 Å². The Bertz CT molecular complexity index is 811. The lowest BCUT2D eigenvalue weighted by atomic mass is 10.1. The van der Waals surface area contributed by atoms with E-state index in [-0.39, 0.29) is 12.5 Å². The Morgan fingerprint density at radius 3 is 2.79 bits per heavy atom. The molecule has 2 heterocycles. The van der Waals surface area contributed by atoms with Crippen LogP contribution in [0, 0.1) is 6.92 Å². The van der Waals surface area contributed by atoms with Crippen molar-refractivity contribution in [1.29, 1.82) is 0 Å². The van der Waals surface area contributed by atoms with Gasteiger partial charge >= 0.3 is 0 Å². The van der Waals surface area contributed by atoms with Crippen molar-refractivity contribution in [3.05, 3.63) is 64.1 Å². The number of carbonyl (C=O) groups excluding carboxylic acids is 1. The molecule has 0 saturated heterocycles. The standard InChI is InChI=1S/C18H19N3O2S/c1-13-6-7-14(24-13)12-21(10-11-22)18(23)16-5-3-2-4-15(16)17-19-8-9-20-17/h2-9,22H,10-12H2,1H3,(H,19,20). The lowest BCUT2D eigenvalue weighted by Gasteiger charge is -2.22. The van der Waals surface area contributed by atoms with Crippen LogP contribution >= 0.6 is 11.3 Å². The van der Waals surface area contributed by atoms with E-state index in [9.17, 15) is 9.90 Å². The van der Waals surface area contributed by atoms with Crippen LogP contribution in [0.15, 0.2) is 48.8 Å². The predicted molar refractivity (Wildman–Crippen MR) is 94.9 cm³/mol. The maximum absolute atomic E-state index is 13.0. The van der Waals surface area contributed by atoms with E-state index in [0.29, 0.717) is 24.5 Å². The average molecular weight is 341 g/mol. The minimum Gasteiger partial charge on any atom is -0.395 e. The van der Waals surface area contributed by atoms with Crippen LogP contribution in [-0.2, 0) is 6.54 Å². The fourth-order valence-electron chi connectivity index (χ4n) is 2.59. The Morgan fingerprint density at radius 2 is 2.12 bits per heavy atom. The summed E-state index contributed by atoms with van der Waals surface area (Å²) < 4.78 is 0. The molecule has 0 fully saturated rings. The second-order valence-corrected chi connectivity index (χ2v) is 6.82. The van der Waals surface area contributed by atoms with Crippen LogP contribution in [0.5, 0.6) is 0 Å². The van der Waals surface area contributed by atoms with Crippen molar-refractivity contribution in [2.45, 2.75) is 13.5 Å². The van der Waals surface area contributed by atoms with Crippen molar-refractivity contribution in [3.63, 3.8) is 0 Å². The highest BCUT2D eigenvalue weighted by molar-refractivity contribution is 7.11. The Labute approximate surface area is 144 Å². The topological polar surface area (TPSA) is 69.2 Å². The molecule has 2 N–H and O–H groups in total. The minimum absolute atomic E-state index is 0.0704.